The molecule has 0 N–H and O–H groups in total. The van der Waals surface area contributed by atoms with Crippen LogP contribution in [0.4, 0.5) is 0 Å². The highest BCUT2D eigenvalue weighted by atomic mass is 16.5. The van der Waals surface area contributed by atoms with Gasteiger partial charge in [-0.05, 0) is 80.6 Å². The number of hydrogen-bond donors (Lipinski definition) is 0. The highest BCUT2D eigenvalue weighted by Gasteiger charge is 2.51. The van der Waals surface area contributed by atoms with Crippen LogP contribution in [-0.2, 0) is 5.41 Å². The molecule has 0 fully saturated rings. The van der Waals surface area contributed by atoms with E-state index in [9.17, 15) is 0 Å². The molecule has 3 nitrogen and oxygen atoms in total. The predicted molar refractivity (Wildman–Crippen MR) is 224 cm³/mol. The van der Waals surface area contributed by atoms with Crippen molar-refractivity contribution in [3.63, 3.8) is 0 Å². The van der Waals surface area contributed by atoms with Gasteiger partial charge in [0.1, 0.15) is 11.5 Å². The van der Waals surface area contributed by atoms with Crippen molar-refractivity contribution in [1.82, 2.24) is 9.97 Å². The maximum absolute atomic E-state index is 6.57. The summed E-state index contributed by atoms with van der Waals surface area (Å²) in [5, 5.41) is 1.08. The first kappa shape index (κ1) is 31.7. The number of benzene rings is 7. The van der Waals surface area contributed by atoms with Crippen LogP contribution in [0.5, 0.6) is 11.5 Å². The Kier molecular flexibility index (Phi) is 7.12. The average Bonchev–Trinajstić information content (AvgIpc) is 3.54. The molecule has 2 aliphatic carbocycles. The van der Waals surface area contributed by atoms with Gasteiger partial charge < -0.3 is 4.74 Å². The lowest BCUT2D eigenvalue weighted by Gasteiger charge is -2.39. The van der Waals surface area contributed by atoms with Gasteiger partial charge >= 0.3 is 0 Å². The third-order valence-electron chi connectivity index (χ3n) is 11.9. The molecule has 0 bridgehead atoms. The molecule has 7 aromatic carbocycles. The van der Waals surface area contributed by atoms with E-state index >= 15 is 0 Å². The van der Waals surface area contributed by atoms with E-state index in [0.29, 0.717) is 0 Å². The minimum absolute atomic E-state index is 0.256. The fourth-order valence-electron chi connectivity index (χ4n) is 9.43. The van der Waals surface area contributed by atoms with Crippen molar-refractivity contribution in [2.45, 2.75) is 18.8 Å². The number of fused-ring (bicyclic) bond motifs is 10. The lowest BCUT2D eigenvalue weighted by Crippen LogP contribution is -2.32. The molecule has 3 aliphatic rings. The maximum atomic E-state index is 6.57. The molecule has 8 aromatic rings. The van der Waals surface area contributed by atoms with E-state index in [0.717, 1.165) is 45.9 Å². The Bertz CT molecular complexity index is 2840. The SMILES string of the molecule is CC1CC(c2nc(-c3ccc(-c4ccccc4)cc3)nc3ccccc23)=CC=C1c1cccc2c1-c1ccccc1C21c2ccccc2Oc2ccccc21. The molecule has 55 heavy (non-hydrogen) atoms. The van der Waals surface area contributed by atoms with Crippen LogP contribution in [0, 0.1) is 5.92 Å². The quantitative estimate of drug-likeness (QED) is 0.183. The van der Waals surface area contributed by atoms with E-state index < -0.39 is 5.41 Å². The van der Waals surface area contributed by atoms with Crippen LogP contribution in [0.3, 0.4) is 0 Å². The van der Waals surface area contributed by atoms with Gasteiger partial charge in [0.25, 0.3) is 0 Å². The number of hydrogen-bond acceptors (Lipinski definition) is 3. The number of nitrogens with zero attached hydrogens (tertiary/aromatic N) is 2. The molecule has 0 amide bonds. The molecule has 1 aliphatic heterocycles. The predicted octanol–water partition coefficient (Wildman–Crippen LogP) is 12.9. The molecule has 11 rings (SSSR count). The Morgan fingerprint density at radius 3 is 1.87 bits per heavy atom. The fraction of sp³-hybridized carbons (Fsp3) is 0.0769. The first-order chi connectivity index (χ1) is 27.2. The largest absolute Gasteiger partial charge is 0.457 e. The van der Waals surface area contributed by atoms with E-state index in [4.69, 9.17) is 14.7 Å². The van der Waals surface area contributed by atoms with E-state index in [1.807, 2.05) is 6.07 Å². The normalized spacial score (nSPS) is 16.0. The highest BCUT2D eigenvalue weighted by molar-refractivity contribution is 5.98. The van der Waals surface area contributed by atoms with Gasteiger partial charge in [-0.3, -0.25) is 0 Å². The second-order valence-electron chi connectivity index (χ2n) is 14.9. The van der Waals surface area contributed by atoms with Gasteiger partial charge in [0.05, 0.1) is 16.6 Å². The third kappa shape index (κ3) is 4.76. The summed E-state index contributed by atoms with van der Waals surface area (Å²) in [5.74, 6) is 2.83. The summed E-state index contributed by atoms with van der Waals surface area (Å²) < 4.78 is 6.57. The Balaban J connectivity index is 1.05. The van der Waals surface area contributed by atoms with Crippen LogP contribution in [0.1, 0.15) is 46.9 Å². The molecule has 1 spiro atoms. The van der Waals surface area contributed by atoms with Crippen molar-refractivity contribution in [3.8, 4) is 45.1 Å². The van der Waals surface area contributed by atoms with Crippen molar-refractivity contribution >= 4 is 22.0 Å². The number of aromatic nitrogens is 2. The third-order valence-corrected chi connectivity index (χ3v) is 11.9. The van der Waals surface area contributed by atoms with Crippen molar-refractivity contribution in [3.05, 3.63) is 216 Å². The summed E-state index contributed by atoms with van der Waals surface area (Å²) in [6.45, 7) is 2.36. The topological polar surface area (TPSA) is 35.0 Å². The average molecular weight is 705 g/mol. The molecule has 260 valence electrons. The Morgan fingerprint density at radius 2 is 1.11 bits per heavy atom. The van der Waals surface area contributed by atoms with Gasteiger partial charge in [0.2, 0.25) is 0 Å². The van der Waals surface area contributed by atoms with Crippen molar-refractivity contribution in [1.29, 1.82) is 0 Å². The van der Waals surface area contributed by atoms with Gasteiger partial charge in [-0.15, -0.1) is 0 Å². The van der Waals surface area contributed by atoms with Gasteiger partial charge in [-0.2, -0.15) is 0 Å². The number of allylic oxidation sites excluding steroid dienone is 4. The summed E-state index contributed by atoms with van der Waals surface area (Å²) >= 11 is 0. The van der Waals surface area contributed by atoms with Crippen LogP contribution in [-0.4, -0.2) is 9.97 Å². The molecule has 0 saturated heterocycles. The zero-order chi connectivity index (χ0) is 36.5. The minimum Gasteiger partial charge on any atom is -0.457 e. The van der Waals surface area contributed by atoms with E-state index in [2.05, 4.69) is 183 Å². The molecule has 3 heteroatoms. The second kappa shape index (κ2) is 12.4. The van der Waals surface area contributed by atoms with Crippen LogP contribution >= 0.6 is 0 Å². The summed E-state index contributed by atoms with van der Waals surface area (Å²) in [4.78, 5) is 10.4. The minimum atomic E-state index is -0.484. The van der Waals surface area contributed by atoms with Gasteiger partial charge in [-0.1, -0.05) is 171 Å². The summed E-state index contributed by atoms with van der Waals surface area (Å²) in [6.07, 6.45) is 5.53. The highest BCUT2D eigenvalue weighted by Crippen LogP contribution is 2.63. The molecule has 1 atom stereocenters. The molecule has 0 radical (unpaired) electrons. The van der Waals surface area contributed by atoms with Gasteiger partial charge in [0, 0.05) is 22.1 Å². The van der Waals surface area contributed by atoms with Gasteiger partial charge in [-0.25, -0.2) is 9.97 Å². The molecule has 1 aromatic heterocycles. The zero-order valence-corrected chi connectivity index (χ0v) is 30.4. The lowest BCUT2D eigenvalue weighted by atomic mass is 9.66. The number of para-hydroxylation sites is 3. The monoisotopic (exact) mass is 704 g/mol. The molecular weight excluding hydrogens is 669 g/mol. The molecule has 1 unspecified atom stereocenters. The Morgan fingerprint density at radius 1 is 0.509 bits per heavy atom. The Labute approximate surface area is 321 Å². The van der Waals surface area contributed by atoms with E-state index in [1.54, 1.807) is 0 Å². The van der Waals surface area contributed by atoms with Crippen LogP contribution in [0.15, 0.2) is 182 Å². The van der Waals surface area contributed by atoms with Crippen molar-refractivity contribution in [2.75, 3.05) is 0 Å². The molecular formula is C52H36N2O. The van der Waals surface area contributed by atoms with Gasteiger partial charge in [0.15, 0.2) is 5.82 Å². The number of ether oxygens (including phenoxy) is 1. The summed E-state index contributed by atoms with van der Waals surface area (Å²) in [5.41, 5.74) is 16.3. The Hall–Kier alpha value is -6.84. The molecule has 2 heterocycles. The zero-order valence-electron chi connectivity index (χ0n) is 30.4. The van der Waals surface area contributed by atoms with Crippen molar-refractivity contribution < 1.29 is 4.74 Å². The summed E-state index contributed by atoms with van der Waals surface area (Å²) in [6, 6.07) is 60.5. The van der Waals surface area contributed by atoms with Crippen molar-refractivity contribution in [2.24, 2.45) is 5.92 Å². The van der Waals surface area contributed by atoms with Crippen LogP contribution < -0.4 is 4.74 Å². The number of rotatable bonds is 4. The van der Waals surface area contributed by atoms with Crippen LogP contribution in [0.25, 0.3) is 55.7 Å². The smallest absolute Gasteiger partial charge is 0.160 e. The standard InChI is InChI=1S/C52H36N2O/c1-33-32-37(50-41-17-6-10-23-46(41)53-51(54-50)36-28-26-35(27-29-36)34-14-3-2-4-15-34)30-31-38(33)39-18-13-22-45-49(39)40-16-5-7-19-42(40)52(45)43-20-8-11-24-47(43)55-48-25-12-9-21-44(48)52/h2-31,33H,32H2,1H3. The van der Waals surface area contributed by atoms with Crippen LogP contribution in [0.2, 0.25) is 0 Å². The first-order valence-electron chi connectivity index (χ1n) is 19.1. The summed E-state index contributed by atoms with van der Waals surface area (Å²) in [7, 11) is 0. The maximum Gasteiger partial charge on any atom is 0.160 e. The lowest BCUT2D eigenvalue weighted by molar-refractivity contribution is 0.436. The fourth-order valence-corrected chi connectivity index (χ4v) is 9.43. The van der Waals surface area contributed by atoms with E-state index in [-0.39, 0.29) is 5.92 Å². The second-order valence-corrected chi connectivity index (χ2v) is 14.9. The van der Waals surface area contributed by atoms with E-state index in [1.165, 1.54) is 61.2 Å². The molecule has 0 saturated carbocycles. The first-order valence-corrected chi connectivity index (χ1v) is 19.1.